The van der Waals surface area contributed by atoms with E-state index in [9.17, 15) is 4.79 Å². The van der Waals surface area contributed by atoms with E-state index in [4.69, 9.17) is 0 Å². The number of nitrogens with zero attached hydrogens (tertiary/aromatic N) is 3. The highest BCUT2D eigenvalue weighted by Gasteiger charge is 2.23. The predicted octanol–water partition coefficient (Wildman–Crippen LogP) is 4.03. The first kappa shape index (κ1) is 17.5. The summed E-state index contributed by atoms with van der Waals surface area (Å²) in [6.45, 7) is 2.73. The average Bonchev–Trinajstić information content (AvgIpc) is 3.23. The molecule has 2 heterocycles. The number of hydrogen-bond acceptors (Lipinski definition) is 2. The third-order valence-corrected chi connectivity index (χ3v) is 5.41. The molecule has 0 N–H and O–H groups in total. The molecule has 1 aromatic heterocycles. The maximum absolute atomic E-state index is 12.7. The summed E-state index contributed by atoms with van der Waals surface area (Å²) in [6, 6.07) is 18.7. The minimum atomic E-state index is 0.239. The Labute approximate surface area is 160 Å². The molecule has 1 aliphatic rings. The molecule has 4 rings (SSSR count). The molecule has 27 heavy (non-hydrogen) atoms. The fourth-order valence-corrected chi connectivity index (χ4v) is 3.79. The quantitative estimate of drug-likeness (QED) is 0.690. The molecule has 0 unspecified atom stereocenters. The molecule has 4 heteroatoms. The van der Waals surface area contributed by atoms with E-state index < -0.39 is 0 Å². The molecular weight excluding hydrogens is 334 g/mol. The number of benzene rings is 2. The van der Waals surface area contributed by atoms with Gasteiger partial charge in [0.25, 0.3) is 0 Å². The van der Waals surface area contributed by atoms with Gasteiger partial charge in [0, 0.05) is 32.0 Å². The summed E-state index contributed by atoms with van der Waals surface area (Å²) in [5.41, 5.74) is 3.47. The van der Waals surface area contributed by atoms with Crippen LogP contribution in [0, 0.1) is 5.92 Å². The van der Waals surface area contributed by atoms with Crippen LogP contribution in [0.1, 0.15) is 18.4 Å². The molecule has 0 atom stereocenters. The molecule has 1 saturated heterocycles. The highest BCUT2D eigenvalue weighted by Crippen LogP contribution is 2.22. The molecule has 4 nitrogen and oxygen atoms in total. The van der Waals surface area contributed by atoms with Gasteiger partial charge in [-0.3, -0.25) is 4.79 Å². The number of piperidine rings is 1. The molecule has 0 bridgehead atoms. The Morgan fingerprint density at radius 2 is 1.67 bits per heavy atom. The molecule has 0 radical (unpaired) electrons. The van der Waals surface area contributed by atoms with E-state index in [1.807, 2.05) is 41.8 Å². The minimum absolute atomic E-state index is 0.239. The van der Waals surface area contributed by atoms with Crippen molar-refractivity contribution in [2.75, 3.05) is 13.1 Å². The second kappa shape index (κ2) is 8.21. The minimum Gasteiger partial charge on any atom is -0.342 e. The second-order valence-corrected chi connectivity index (χ2v) is 7.32. The van der Waals surface area contributed by atoms with E-state index >= 15 is 0 Å². The van der Waals surface area contributed by atoms with E-state index in [-0.39, 0.29) is 5.91 Å². The van der Waals surface area contributed by atoms with Gasteiger partial charge in [0.15, 0.2) is 0 Å². The zero-order valence-corrected chi connectivity index (χ0v) is 15.5. The van der Waals surface area contributed by atoms with Gasteiger partial charge in [-0.25, -0.2) is 4.98 Å². The summed E-state index contributed by atoms with van der Waals surface area (Å²) in [5.74, 6) is 0.872. The van der Waals surface area contributed by atoms with Crippen molar-refractivity contribution in [3.05, 3.63) is 78.9 Å². The molecule has 1 amide bonds. The molecule has 2 aromatic carbocycles. The van der Waals surface area contributed by atoms with Gasteiger partial charge in [-0.05, 0) is 35.4 Å². The normalized spacial score (nSPS) is 15.0. The van der Waals surface area contributed by atoms with Crippen molar-refractivity contribution in [3.63, 3.8) is 0 Å². The lowest BCUT2D eigenvalue weighted by molar-refractivity contribution is -0.131. The first-order valence-corrected chi connectivity index (χ1v) is 9.66. The van der Waals surface area contributed by atoms with Crippen LogP contribution in [0.2, 0.25) is 0 Å². The molecule has 0 saturated carbocycles. The largest absolute Gasteiger partial charge is 0.342 e. The fraction of sp³-hybridized carbons (Fsp3) is 0.304. The van der Waals surface area contributed by atoms with Crippen molar-refractivity contribution in [2.24, 2.45) is 5.92 Å². The van der Waals surface area contributed by atoms with Gasteiger partial charge in [0.05, 0.1) is 12.7 Å². The first-order valence-electron chi connectivity index (χ1n) is 9.66. The summed E-state index contributed by atoms with van der Waals surface area (Å²) in [5, 5.41) is 0. The van der Waals surface area contributed by atoms with Gasteiger partial charge in [0.1, 0.15) is 0 Å². The Morgan fingerprint density at radius 1 is 0.963 bits per heavy atom. The van der Waals surface area contributed by atoms with Gasteiger partial charge < -0.3 is 9.47 Å². The molecule has 1 aliphatic heterocycles. The van der Waals surface area contributed by atoms with Crippen LogP contribution in [0.25, 0.3) is 11.1 Å². The highest BCUT2D eigenvalue weighted by molar-refractivity contribution is 5.79. The van der Waals surface area contributed by atoms with Crippen LogP contribution in [-0.2, 0) is 17.8 Å². The standard InChI is InChI=1S/C23H25N3O/c27-23(26-13-10-20(11-14-26)17-25-15-12-24-18-25)16-19-6-8-22(9-7-19)21-4-2-1-3-5-21/h1-9,12,15,18,20H,10-11,13-14,16-17H2. The number of hydrogen-bond donors (Lipinski definition) is 0. The van der Waals surface area contributed by atoms with Crippen LogP contribution in [0.4, 0.5) is 0 Å². The van der Waals surface area contributed by atoms with Crippen LogP contribution in [0.5, 0.6) is 0 Å². The van der Waals surface area contributed by atoms with Gasteiger partial charge in [-0.2, -0.15) is 0 Å². The fourth-order valence-electron chi connectivity index (χ4n) is 3.79. The molecule has 0 spiro atoms. The summed E-state index contributed by atoms with van der Waals surface area (Å²) < 4.78 is 2.14. The number of imidazole rings is 1. The molecule has 1 fully saturated rings. The van der Waals surface area contributed by atoms with E-state index in [1.54, 1.807) is 0 Å². The number of likely N-dealkylation sites (tertiary alicyclic amines) is 1. The van der Waals surface area contributed by atoms with Gasteiger partial charge >= 0.3 is 0 Å². The zero-order valence-electron chi connectivity index (χ0n) is 15.5. The number of amides is 1. The molecule has 138 valence electrons. The van der Waals surface area contributed by atoms with Gasteiger partial charge in [-0.15, -0.1) is 0 Å². The van der Waals surface area contributed by atoms with Crippen LogP contribution in [0.15, 0.2) is 73.3 Å². The smallest absolute Gasteiger partial charge is 0.226 e. The summed E-state index contributed by atoms with van der Waals surface area (Å²) in [6.07, 6.45) is 8.32. The lowest BCUT2D eigenvalue weighted by atomic mass is 9.96. The number of carbonyl (C=O) groups is 1. The molecule has 0 aliphatic carbocycles. The van der Waals surface area contributed by atoms with Crippen LogP contribution in [0.3, 0.4) is 0 Å². The Bertz CT molecular complexity index is 848. The lowest BCUT2D eigenvalue weighted by Gasteiger charge is -2.32. The summed E-state index contributed by atoms with van der Waals surface area (Å²) in [4.78, 5) is 18.8. The van der Waals surface area contributed by atoms with E-state index in [0.717, 1.165) is 38.0 Å². The van der Waals surface area contributed by atoms with Crippen LogP contribution >= 0.6 is 0 Å². The van der Waals surface area contributed by atoms with Crippen molar-refractivity contribution in [2.45, 2.75) is 25.8 Å². The average molecular weight is 359 g/mol. The van der Waals surface area contributed by atoms with Crippen molar-refractivity contribution < 1.29 is 4.79 Å². The van der Waals surface area contributed by atoms with E-state index in [1.165, 1.54) is 11.1 Å². The van der Waals surface area contributed by atoms with E-state index in [2.05, 4.69) is 45.9 Å². The Morgan fingerprint density at radius 3 is 2.33 bits per heavy atom. The zero-order chi connectivity index (χ0) is 18.5. The third kappa shape index (κ3) is 4.45. The second-order valence-electron chi connectivity index (χ2n) is 7.32. The van der Waals surface area contributed by atoms with Crippen molar-refractivity contribution >= 4 is 5.91 Å². The summed E-state index contributed by atoms with van der Waals surface area (Å²) >= 11 is 0. The highest BCUT2D eigenvalue weighted by atomic mass is 16.2. The Hall–Kier alpha value is -2.88. The first-order chi connectivity index (χ1) is 13.3. The van der Waals surface area contributed by atoms with Crippen LogP contribution in [-0.4, -0.2) is 33.4 Å². The molecule has 3 aromatic rings. The predicted molar refractivity (Wildman–Crippen MR) is 107 cm³/mol. The Kier molecular flexibility index (Phi) is 5.33. The molecular formula is C23H25N3O. The van der Waals surface area contributed by atoms with Crippen LogP contribution < -0.4 is 0 Å². The lowest BCUT2D eigenvalue weighted by Crippen LogP contribution is -2.40. The van der Waals surface area contributed by atoms with Gasteiger partial charge in [0.2, 0.25) is 5.91 Å². The van der Waals surface area contributed by atoms with E-state index in [0.29, 0.717) is 12.3 Å². The SMILES string of the molecule is O=C(Cc1ccc(-c2ccccc2)cc1)N1CCC(Cn2ccnc2)CC1. The van der Waals surface area contributed by atoms with Crippen molar-refractivity contribution in [1.29, 1.82) is 0 Å². The maximum Gasteiger partial charge on any atom is 0.226 e. The number of carbonyl (C=O) groups excluding carboxylic acids is 1. The summed E-state index contributed by atoms with van der Waals surface area (Å²) in [7, 11) is 0. The Balaban J connectivity index is 1.29. The number of aromatic nitrogens is 2. The monoisotopic (exact) mass is 359 g/mol. The van der Waals surface area contributed by atoms with Gasteiger partial charge in [-0.1, -0.05) is 54.6 Å². The third-order valence-electron chi connectivity index (χ3n) is 5.41. The topological polar surface area (TPSA) is 38.1 Å². The van der Waals surface area contributed by atoms with Crippen molar-refractivity contribution in [3.8, 4) is 11.1 Å². The number of rotatable bonds is 5. The maximum atomic E-state index is 12.7. The van der Waals surface area contributed by atoms with Crippen molar-refractivity contribution in [1.82, 2.24) is 14.5 Å².